The predicted octanol–water partition coefficient (Wildman–Crippen LogP) is 3.92. The maximum absolute atomic E-state index is 13.0. The smallest absolute Gasteiger partial charge is 0.490 e. The van der Waals surface area contributed by atoms with Crippen LogP contribution in [0.15, 0.2) is 53.4 Å². The lowest BCUT2D eigenvalue weighted by atomic mass is 9.78. The van der Waals surface area contributed by atoms with E-state index in [1.165, 1.54) is 15.4 Å². The van der Waals surface area contributed by atoms with Gasteiger partial charge >= 0.3 is 12.1 Å². The van der Waals surface area contributed by atoms with Gasteiger partial charge in [-0.25, -0.2) is 17.5 Å². The van der Waals surface area contributed by atoms with Crippen LogP contribution in [-0.2, 0) is 21.4 Å². The molecule has 0 aromatic heterocycles. The Balaban J connectivity index is 0.000000429. The first-order valence-corrected chi connectivity index (χ1v) is 12.5. The molecular weight excluding hydrogens is 485 g/mol. The zero-order valence-corrected chi connectivity index (χ0v) is 20.4. The Kier molecular flexibility index (Phi) is 8.13. The van der Waals surface area contributed by atoms with E-state index in [4.69, 9.17) is 14.6 Å². The number of benzene rings is 2. The zero-order valence-electron chi connectivity index (χ0n) is 19.6. The lowest BCUT2D eigenvalue weighted by molar-refractivity contribution is -0.192. The van der Waals surface area contributed by atoms with Crippen LogP contribution in [0, 0.1) is 12.3 Å². The first-order chi connectivity index (χ1) is 16.3. The minimum atomic E-state index is -5.08. The van der Waals surface area contributed by atoms with E-state index in [0.29, 0.717) is 18.9 Å². The number of carboxylic acids is 1. The van der Waals surface area contributed by atoms with Crippen molar-refractivity contribution in [2.75, 3.05) is 33.3 Å². The molecule has 0 amide bonds. The Hall–Kier alpha value is -2.63. The molecule has 7 nitrogen and oxygen atoms in total. The van der Waals surface area contributed by atoms with Crippen molar-refractivity contribution in [1.29, 1.82) is 0 Å². The van der Waals surface area contributed by atoms with E-state index in [-0.39, 0.29) is 10.3 Å². The number of aliphatic carboxylic acids is 1. The molecule has 1 saturated heterocycles. The van der Waals surface area contributed by atoms with E-state index in [1.54, 1.807) is 25.2 Å². The van der Waals surface area contributed by atoms with Crippen LogP contribution in [0.3, 0.4) is 0 Å². The molecule has 2 aromatic rings. The van der Waals surface area contributed by atoms with Crippen molar-refractivity contribution in [3.8, 4) is 5.75 Å². The fourth-order valence-electron chi connectivity index (χ4n) is 4.34. The zero-order chi connectivity index (χ0) is 25.9. The molecular formula is C24H29F3N2O5S. The number of nitrogens with zero attached hydrogens (tertiary/aromatic N) is 2. The van der Waals surface area contributed by atoms with Crippen LogP contribution in [0.5, 0.6) is 5.75 Å². The third kappa shape index (κ3) is 6.74. The number of piperidine rings is 1. The van der Waals surface area contributed by atoms with E-state index in [9.17, 15) is 21.6 Å². The van der Waals surface area contributed by atoms with Gasteiger partial charge in [-0.3, -0.25) is 4.90 Å². The number of carbonyl (C=O) groups is 1. The van der Waals surface area contributed by atoms with E-state index in [1.807, 2.05) is 6.07 Å². The Morgan fingerprint density at radius 3 is 2.34 bits per heavy atom. The maximum Gasteiger partial charge on any atom is 0.490 e. The number of ether oxygens (including phenoxy) is 1. The second kappa shape index (κ2) is 10.5. The lowest BCUT2D eigenvalue weighted by Gasteiger charge is -2.44. The molecule has 11 heteroatoms. The molecule has 1 spiro atoms. The molecule has 2 aliphatic heterocycles. The number of likely N-dealkylation sites (tertiary alicyclic amines) is 1. The summed E-state index contributed by atoms with van der Waals surface area (Å²) in [5, 5.41) is 7.12. The highest BCUT2D eigenvalue weighted by Gasteiger charge is 2.41. The molecule has 2 heterocycles. The second-order valence-corrected chi connectivity index (χ2v) is 11.1. The number of alkyl halides is 3. The Morgan fingerprint density at radius 1 is 1.11 bits per heavy atom. The number of hydrogen-bond donors (Lipinski definition) is 1. The van der Waals surface area contributed by atoms with Gasteiger partial charge in [0.2, 0.25) is 10.0 Å². The van der Waals surface area contributed by atoms with Crippen LogP contribution in [0.4, 0.5) is 13.2 Å². The number of para-hydroxylation sites is 1. The van der Waals surface area contributed by atoms with Crippen molar-refractivity contribution < 1.29 is 36.2 Å². The standard InChI is InChI=1S/C22H28N2O3S.C2HF3O2/c1-18-6-5-7-19(14-18)15-24-12-10-22(11-13-24)16-23(2)28(25,26)21-9-4-3-8-20(21)27-17-22;3-2(4,5)1(6)7/h3-9,14H,10-13,15-17H2,1-2H3;(H,6,7). The average Bonchev–Trinajstić information content (AvgIpc) is 2.79. The van der Waals surface area contributed by atoms with E-state index in [2.05, 4.69) is 36.1 Å². The van der Waals surface area contributed by atoms with Crippen molar-refractivity contribution in [3.05, 3.63) is 59.7 Å². The van der Waals surface area contributed by atoms with Crippen molar-refractivity contribution in [3.63, 3.8) is 0 Å². The highest BCUT2D eigenvalue weighted by molar-refractivity contribution is 7.89. The number of halogens is 3. The molecule has 2 aliphatic rings. The molecule has 0 saturated carbocycles. The van der Waals surface area contributed by atoms with Gasteiger partial charge in [0.05, 0.1) is 6.61 Å². The lowest BCUT2D eigenvalue weighted by Crippen LogP contribution is -2.50. The van der Waals surface area contributed by atoms with Gasteiger partial charge in [-0.05, 0) is 50.6 Å². The summed E-state index contributed by atoms with van der Waals surface area (Å²) in [6, 6.07) is 15.6. The predicted molar refractivity (Wildman–Crippen MR) is 124 cm³/mol. The largest absolute Gasteiger partial charge is 0.492 e. The van der Waals surface area contributed by atoms with Gasteiger partial charge in [0.15, 0.2) is 0 Å². The highest BCUT2D eigenvalue weighted by atomic mass is 32.2. The van der Waals surface area contributed by atoms with Gasteiger partial charge in [-0.1, -0.05) is 42.0 Å². The summed E-state index contributed by atoms with van der Waals surface area (Å²) in [6.45, 7) is 6.02. The maximum atomic E-state index is 13.0. The SMILES string of the molecule is Cc1cccc(CN2CCC3(CC2)COc2ccccc2S(=O)(=O)N(C)C3)c1.O=C(O)C(F)(F)F. The van der Waals surface area contributed by atoms with Crippen LogP contribution in [0.25, 0.3) is 0 Å². The molecule has 1 N–H and O–H groups in total. The van der Waals surface area contributed by atoms with Gasteiger partial charge in [-0.2, -0.15) is 13.2 Å². The fourth-order valence-corrected chi connectivity index (χ4v) is 5.75. The number of carboxylic acid groups (broad SMARTS) is 1. The average molecular weight is 515 g/mol. The van der Waals surface area contributed by atoms with Crippen LogP contribution in [-0.4, -0.2) is 68.2 Å². The topological polar surface area (TPSA) is 87.2 Å². The summed E-state index contributed by atoms with van der Waals surface area (Å²) >= 11 is 0. The molecule has 4 rings (SSSR count). The number of hydrogen-bond acceptors (Lipinski definition) is 5. The molecule has 35 heavy (non-hydrogen) atoms. The third-order valence-corrected chi connectivity index (χ3v) is 8.12. The van der Waals surface area contributed by atoms with Gasteiger partial charge in [-0.15, -0.1) is 0 Å². The number of rotatable bonds is 2. The van der Waals surface area contributed by atoms with Gasteiger partial charge in [0.25, 0.3) is 0 Å². The molecule has 0 aliphatic carbocycles. The summed E-state index contributed by atoms with van der Waals surface area (Å²) in [6.07, 6.45) is -3.22. The summed E-state index contributed by atoms with van der Waals surface area (Å²) in [5.41, 5.74) is 2.47. The quantitative estimate of drug-likeness (QED) is 0.654. The minimum Gasteiger partial charge on any atom is -0.492 e. The van der Waals surface area contributed by atoms with Gasteiger partial charge < -0.3 is 9.84 Å². The molecule has 1 fully saturated rings. The van der Waals surface area contributed by atoms with E-state index in [0.717, 1.165) is 32.5 Å². The molecule has 192 valence electrons. The third-order valence-electron chi connectivity index (χ3n) is 6.28. The fraction of sp³-hybridized carbons (Fsp3) is 0.458. The molecule has 0 atom stereocenters. The Labute approximate surface area is 203 Å². The van der Waals surface area contributed by atoms with Gasteiger partial charge in [0.1, 0.15) is 10.6 Å². The first kappa shape index (κ1) is 27.0. The summed E-state index contributed by atoms with van der Waals surface area (Å²) in [4.78, 5) is 11.6. The minimum absolute atomic E-state index is 0.140. The van der Waals surface area contributed by atoms with Crippen LogP contribution >= 0.6 is 0 Å². The van der Waals surface area contributed by atoms with Crippen molar-refractivity contribution in [2.45, 2.75) is 37.4 Å². The van der Waals surface area contributed by atoms with E-state index >= 15 is 0 Å². The first-order valence-electron chi connectivity index (χ1n) is 11.1. The monoisotopic (exact) mass is 514 g/mol. The van der Waals surface area contributed by atoms with Crippen molar-refractivity contribution >= 4 is 16.0 Å². The summed E-state index contributed by atoms with van der Waals surface area (Å²) in [5.74, 6) is -2.29. The van der Waals surface area contributed by atoms with Crippen molar-refractivity contribution in [2.24, 2.45) is 5.41 Å². The molecule has 0 radical (unpaired) electrons. The Morgan fingerprint density at radius 2 is 1.74 bits per heavy atom. The summed E-state index contributed by atoms with van der Waals surface area (Å²) in [7, 11) is -1.84. The second-order valence-electron chi connectivity index (χ2n) is 9.06. The molecule has 2 aromatic carbocycles. The number of fused-ring (bicyclic) bond motifs is 1. The highest BCUT2D eigenvalue weighted by Crippen LogP contribution is 2.38. The van der Waals surface area contributed by atoms with Gasteiger partial charge in [0, 0.05) is 25.6 Å². The summed E-state index contributed by atoms with van der Waals surface area (Å²) < 4.78 is 65.3. The molecule has 0 unspecified atom stereocenters. The van der Waals surface area contributed by atoms with Crippen LogP contribution in [0.1, 0.15) is 24.0 Å². The Bertz CT molecular complexity index is 1150. The van der Waals surface area contributed by atoms with E-state index < -0.39 is 22.2 Å². The van der Waals surface area contributed by atoms with Crippen LogP contribution in [0.2, 0.25) is 0 Å². The number of aryl methyl sites for hydroxylation is 1. The normalized spacial score (nSPS) is 19.9. The van der Waals surface area contributed by atoms with Crippen LogP contribution < -0.4 is 4.74 Å². The van der Waals surface area contributed by atoms with Crippen molar-refractivity contribution in [1.82, 2.24) is 9.21 Å². The number of sulfonamides is 1. The molecule has 0 bridgehead atoms.